The maximum atomic E-state index is 13.3. The first-order valence-corrected chi connectivity index (χ1v) is 15.9. The lowest BCUT2D eigenvalue weighted by molar-refractivity contribution is -0.223. The third kappa shape index (κ3) is 3.43. The zero-order valence-corrected chi connectivity index (χ0v) is 27.0. The lowest BCUT2D eigenvalue weighted by Crippen LogP contribution is -2.68. The van der Waals surface area contributed by atoms with Crippen molar-refractivity contribution in [3.8, 4) is 6.07 Å². The van der Waals surface area contributed by atoms with Crippen LogP contribution in [0.25, 0.3) is 0 Å². The summed E-state index contributed by atoms with van der Waals surface area (Å²) in [6.45, 7) is 19.7. The first-order valence-electron chi connectivity index (χ1n) is 15.9. The molecule has 6 rings (SSSR count). The minimum Gasteiger partial charge on any atom is -0.422 e. The van der Waals surface area contributed by atoms with Gasteiger partial charge in [0.05, 0.1) is 11.7 Å². The number of ketones is 1. The van der Waals surface area contributed by atoms with Crippen LogP contribution >= 0.6 is 0 Å². The Labute approximate surface area is 250 Å². The lowest BCUT2D eigenvalue weighted by atomic mass is 9.31. The fourth-order valence-electron chi connectivity index (χ4n) is 11.6. The zero-order chi connectivity index (χ0) is 30.9. The van der Waals surface area contributed by atoms with E-state index in [1.54, 1.807) is 6.92 Å². The fraction of sp³-hybridized carbons (Fsp3) is 0.771. The maximum Gasteiger partial charge on any atom is 0.244 e. The number of nitrogens with zero attached hydrogens (tertiary/aromatic N) is 3. The van der Waals surface area contributed by atoms with Crippen LogP contribution in [0.3, 0.4) is 0 Å². The Morgan fingerprint density at radius 1 is 1.00 bits per heavy atom. The number of carbonyl (C=O) groups excluding carboxylic acids is 1. The molecule has 0 bridgehead atoms. The van der Waals surface area contributed by atoms with E-state index in [1.807, 2.05) is 19.9 Å². The van der Waals surface area contributed by atoms with Crippen molar-refractivity contribution >= 4 is 5.78 Å². The van der Waals surface area contributed by atoms with Crippen molar-refractivity contribution in [2.24, 2.45) is 44.3 Å². The van der Waals surface area contributed by atoms with Gasteiger partial charge >= 0.3 is 0 Å². The predicted octanol–water partition coefficient (Wildman–Crippen LogP) is 6.78. The number of fused-ring (bicyclic) bond motifs is 7. The van der Waals surface area contributed by atoms with Gasteiger partial charge in [0.2, 0.25) is 11.8 Å². The Morgan fingerprint density at radius 3 is 2.29 bits per heavy atom. The number of rotatable bonds is 2. The topological polar surface area (TPSA) is 120 Å². The molecule has 1 aromatic heterocycles. The highest BCUT2D eigenvalue weighted by Crippen LogP contribution is 2.78. The summed E-state index contributed by atoms with van der Waals surface area (Å²) >= 11 is 0. The van der Waals surface area contributed by atoms with Gasteiger partial charge in [0.15, 0.2) is 5.78 Å². The molecule has 0 saturated heterocycles. The Morgan fingerprint density at radius 2 is 1.67 bits per heavy atom. The SMILES string of the molecule is C[C@H](O)c1nnc([C@@]2(C)CCC3(C)CC[C@]4(C)C(C(O)C=C5C6(C)C=C(C#N)C(=O)C(C)(C)[C@@H]6CCC54C)C3(C)C2)o1. The van der Waals surface area contributed by atoms with Gasteiger partial charge in [0, 0.05) is 22.2 Å². The zero-order valence-electron chi connectivity index (χ0n) is 27.0. The number of hydrogen-bond acceptors (Lipinski definition) is 7. The molecule has 42 heavy (non-hydrogen) atoms. The highest BCUT2D eigenvalue weighted by atomic mass is 16.4. The fourth-order valence-corrected chi connectivity index (χ4v) is 11.6. The van der Waals surface area contributed by atoms with Crippen LogP contribution in [0.2, 0.25) is 0 Å². The minimum atomic E-state index is -0.812. The number of carbonyl (C=O) groups is 1. The van der Waals surface area contributed by atoms with Crippen molar-refractivity contribution in [2.75, 3.05) is 0 Å². The van der Waals surface area contributed by atoms with E-state index in [9.17, 15) is 20.3 Å². The van der Waals surface area contributed by atoms with Gasteiger partial charge in [-0.1, -0.05) is 73.1 Å². The summed E-state index contributed by atoms with van der Waals surface area (Å²) in [5.74, 6) is 0.857. The molecule has 0 radical (unpaired) electrons. The highest BCUT2D eigenvalue weighted by molar-refractivity contribution is 6.04. The average Bonchev–Trinajstić information content (AvgIpc) is 3.41. The molecule has 5 aliphatic carbocycles. The van der Waals surface area contributed by atoms with E-state index in [4.69, 9.17) is 4.42 Å². The average molecular weight is 576 g/mol. The molecule has 5 aliphatic rings. The molecule has 3 saturated carbocycles. The molecule has 1 heterocycles. The molecule has 0 spiro atoms. The van der Waals surface area contributed by atoms with Crippen molar-refractivity contribution in [3.63, 3.8) is 0 Å². The standard InChI is InChI=1S/C35H49N3O4/c1-20(39)27-37-38-28(42-27)30(4)12-13-31(5)14-15-34(8)25(35(31,9)19-30)22(40)16-24-32(6)17-21(18-36)26(41)29(2,3)23(32)10-11-33(24,34)7/h16-17,20,22-23,25,39-40H,10-15,19H2,1-9H3/t20-,22?,23-,25?,30-,31?,32?,33?,34+,35?/m0/s1. The van der Waals surface area contributed by atoms with E-state index in [1.165, 1.54) is 5.57 Å². The van der Waals surface area contributed by atoms with E-state index in [-0.39, 0.29) is 56.2 Å². The normalized spacial score (nSPS) is 48.4. The van der Waals surface area contributed by atoms with Crippen molar-refractivity contribution in [2.45, 2.75) is 125 Å². The molecular formula is C35H49N3O4. The van der Waals surface area contributed by atoms with Gasteiger partial charge in [-0.3, -0.25) is 4.79 Å². The predicted molar refractivity (Wildman–Crippen MR) is 159 cm³/mol. The van der Waals surface area contributed by atoms with Crippen LogP contribution in [0.1, 0.15) is 125 Å². The Kier molecular flexibility index (Phi) is 6.14. The second kappa shape index (κ2) is 8.66. The van der Waals surface area contributed by atoms with Crippen LogP contribution in [0.5, 0.6) is 0 Å². The summed E-state index contributed by atoms with van der Waals surface area (Å²) in [7, 11) is 0. The van der Waals surface area contributed by atoms with Crippen LogP contribution < -0.4 is 0 Å². The number of allylic oxidation sites excluding steroid dienone is 3. The second-order valence-corrected chi connectivity index (χ2v) is 16.7. The Bertz CT molecular complexity index is 1450. The largest absolute Gasteiger partial charge is 0.422 e. The molecule has 0 amide bonds. The summed E-state index contributed by atoms with van der Waals surface area (Å²) in [6.07, 6.45) is 9.34. The van der Waals surface area contributed by atoms with Gasteiger partial charge in [-0.25, -0.2) is 0 Å². The molecular weight excluding hydrogens is 526 g/mol. The van der Waals surface area contributed by atoms with Gasteiger partial charge < -0.3 is 14.6 Å². The van der Waals surface area contributed by atoms with Gasteiger partial charge in [-0.05, 0) is 79.4 Å². The van der Waals surface area contributed by atoms with Gasteiger partial charge in [-0.2, -0.15) is 5.26 Å². The number of aliphatic hydroxyl groups excluding tert-OH is 2. The van der Waals surface area contributed by atoms with E-state index < -0.39 is 23.0 Å². The highest BCUT2D eigenvalue weighted by Gasteiger charge is 2.72. The van der Waals surface area contributed by atoms with E-state index in [0.29, 0.717) is 5.89 Å². The van der Waals surface area contributed by atoms with Gasteiger partial charge in [0.25, 0.3) is 0 Å². The molecule has 0 aromatic carbocycles. The first kappa shape index (κ1) is 29.8. The maximum absolute atomic E-state index is 13.3. The van der Waals surface area contributed by atoms with E-state index in [0.717, 1.165) is 44.9 Å². The summed E-state index contributed by atoms with van der Waals surface area (Å²) < 4.78 is 6.05. The van der Waals surface area contributed by atoms with Gasteiger partial charge in [-0.15, -0.1) is 10.2 Å². The molecule has 3 fully saturated rings. The summed E-state index contributed by atoms with van der Waals surface area (Å²) in [5, 5.41) is 41.0. The molecule has 7 heteroatoms. The summed E-state index contributed by atoms with van der Waals surface area (Å²) in [5.41, 5.74) is -0.571. The summed E-state index contributed by atoms with van der Waals surface area (Å²) in [4.78, 5) is 13.3. The van der Waals surface area contributed by atoms with Crippen LogP contribution in [0.15, 0.2) is 27.7 Å². The number of nitriles is 1. The molecule has 6 unspecified atom stereocenters. The van der Waals surface area contributed by atoms with E-state index >= 15 is 0 Å². The van der Waals surface area contributed by atoms with Crippen molar-refractivity contribution < 1.29 is 19.4 Å². The monoisotopic (exact) mass is 575 g/mol. The van der Waals surface area contributed by atoms with Crippen molar-refractivity contribution in [3.05, 3.63) is 35.1 Å². The quantitative estimate of drug-likeness (QED) is 0.373. The molecule has 2 N–H and O–H groups in total. The van der Waals surface area contributed by atoms with Gasteiger partial charge in [0.1, 0.15) is 12.2 Å². The third-order valence-electron chi connectivity index (χ3n) is 14.3. The second-order valence-electron chi connectivity index (χ2n) is 16.7. The Balaban J connectivity index is 1.49. The molecule has 1 aromatic rings. The molecule has 7 nitrogen and oxygen atoms in total. The number of hydrogen-bond donors (Lipinski definition) is 2. The molecule has 0 aliphatic heterocycles. The molecule has 10 atom stereocenters. The van der Waals surface area contributed by atoms with Crippen LogP contribution in [0.4, 0.5) is 0 Å². The van der Waals surface area contributed by atoms with Crippen molar-refractivity contribution in [1.29, 1.82) is 5.26 Å². The van der Waals surface area contributed by atoms with Crippen LogP contribution in [-0.4, -0.2) is 32.3 Å². The molecule has 228 valence electrons. The smallest absolute Gasteiger partial charge is 0.244 e. The van der Waals surface area contributed by atoms with Crippen LogP contribution in [0, 0.1) is 55.7 Å². The number of aliphatic hydroxyl groups is 2. The lowest BCUT2D eigenvalue weighted by Gasteiger charge is -2.73. The summed E-state index contributed by atoms with van der Waals surface area (Å²) in [6, 6.07) is 2.22. The minimum absolute atomic E-state index is 0.00841. The van der Waals surface area contributed by atoms with Crippen molar-refractivity contribution in [1.82, 2.24) is 10.2 Å². The van der Waals surface area contributed by atoms with Crippen LogP contribution in [-0.2, 0) is 10.2 Å². The number of Topliss-reactive ketones (excluding diaryl/α,β-unsaturated/α-hetero) is 1. The van der Waals surface area contributed by atoms with E-state index in [2.05, 4.69) is 63.9 Å². The Hall–Kier alpha value is -2.30. The third-order valence-corrected chi connectivity index (χ3v) is 14.3. The number of aromatic nitrogens is 2. The first-order chi connectivity index (χ1) is 19.3.